The maximum Gasteiger partial charge on any atom is 0.434 e. The second kappa shape index (κ2) is 9.79. The van der Waals surface area contributed by atoms with Crippen LogP contribution in [0.25, 0.3) is 17.2 Å². The van der Waals surface area contributed by atoms with Gasteiger partial charge in [-0.1, -0.05) is 13.8 Å². The van der Waals surface area contributed by atoms with E-state index in [-0.39, 0.29) is 23.0 Å². The van der Waals surface area contributed by atoms with Gasteiger partial charge < -0.3 is 14.5 Å². The highest BCUT2D eigenvalue weighted by Gasteiger charge is 2.46. The van der Waals surface area contributed by atoms with Crippen LogP contribution in [0.4, 0.5) is 23.8 Å². The zero-order valence-corrected chi connectivity index (χ0v) is 21.7. The Morgan fingerprint density at radius 3 is 2.32 bits per heavy atom. The maximum atomic E-state index is 13.1. The Bertz CT molecular complexity index is 1250. The van der Waals surface area contributed by atoms with Crippen molar-refractivity contribution in [2.75, 3.05) is 31.1 Å². The summed E-state index contributed by atoms with van der Waals surface area (Å²) in [5.74, 6) is 0.991. The van der Waals surface area contributed by atoms with Gasteiger partial charge in [0.1, 0.15) is 17.1 Å². The first-order chi connectivity index (χ1) is 17.4. The van der Waals surface area contributed by atoms with Crippen LogP contribution in [0.2, 0.25) is 0 Å². The summed E-state index contributed by atoms with van der Waals surface area (Å²) in [7, 11) is 0. The molecule has 0 bridgehead atoms. The zero-order valence-electron chi connectivity index (χ0n) is 21.7. The van der Waals surface area contributed by atoms with E-state index in [2.05, 4.69) is 24.8 Å². The van der Waals surface area contributed by atoms with Crippen molar-refractivity contribution < 1.29 is 22.7 Å². The number of amides is 1. The molecule has 0 aliphatic carbocycles. The molecule has 0 atom stereocenters. The molecule has 1 spiro atoms. The molecule has 0 saturated carbocycles. The number of ether oxygens (including phenoxy) is 1. The van der Waals surface area contributed by atoms with Crippen LogP contribution >= 0.6 is 0 Å². The largest absolute Gasteiger partial charge is 0.444 e. The summed E-state index contributed by atoms with van der Waals surface area (Å²) in [6, 6.07) is 1.79. The third kappa shape index (κ3) is 5.62. The fraction of sp³-hybridized carbons (Fsp3) is 0.560. The zero-order chi connectivity index (χ0) is 27.0. The first-order valence-electron chi connectivity index (χ1n) is 12.4. The minimum atomic E-state index is -4.57. The molecular formula is C25H32F3N7O2. The highest BCUT2D eigenvalue weighted by atomic mass is 19.4. The second-order valence-corrected chi connectivity index (χ2v) is 10.2. The summed E-state index contributed by atoms with van der Waals surface area (Å²) < 4.78 is 46.2. The molecule has 2 saturated heterocycles. The van der Waals surface area contributed by atoms with Gasteiger partial charge >= 0.3 is 12.3 Å². The standard InChI is InChI=1S/C23H26F3N7O2.C2H6/c1-21(2,3)35-20(34)31-8-5-22(6-9-31)13-32(14-22)17-4-7-27-19(30-17)15-10-29-18-11-28-16(12-33(15)18)23(24,25)26;1-2/h4,7,10-12H,5-6,8-9,13-14H2,1-3H3;1-2H3. The van der Waals surface area contributed by atoms with E-state index in [4.69, 9.17) is 4.74 Å². The molecule has 2 fully saturated rings. The number of halogens is 3. The molecule has 0 radical (unpaired) electrons. The predicted molar refractivity (Wildman–Crippen MR) is 132 cm³/mol. The number of hydrogen-bond donors (Lipinski definition) is 0. The number of hydrogen-bond acceptors (Lipinski definition) is 7. The summed E-state index contributed by atoms with van der Waals surface area (Å²) in [6.07, 6.45) is 1.94. The van der Waals surface area contributed by atoms with Gasteiger partial charge in [-0.05, 0) is 39.7 Å². The number of aromatic nitrogens is 5. The number of rotatable bonds is 2. The minimum Gasteiger partial charge on any atom is -0.444 e. The van der Waals surface area contributed by atoms with E-state index in [1.807, 2.05) is 34.6 Å². The fourth-order valence-electron chi connectivity index (χ4n) is 4.58. The lowest BCUT2D eigenvalue weighted by molar-refractivity contribution is -0.141. The molecule has 5 heterocycles. The van der Waals surface area contributed by atoms with Gasteiger partial charge in [-0.3, -0.25) is 4.40 Å². The smallest absolute Gasteiger partial charge is 0.434 e. The van der Waals surface area contributed by atoms with Crippen LogP contribution in [0.5, 0.6) is 0 Å². The first-order valence-corrected chi connectivity index (χ1v) is 12.4. The SMILES string of the molecule is CC.CC(C)(C)OC(=O)N1CCC2(CC1)CN(c1ccnc(-c3cnc4cnc(C(F)(F)F)cn34)n1)C2. The van der Waals surface area contributed by atoms with E-state index in [1.54, 1.807) is 17.2 Å². The Morgan fingerprint density at radius 2 is 1.70 bits per heavy atom. The molecule has 200 valence electrons. The van der Waals surface area contributed by atoms with Gasteiger partial charge in [0, 0.05) is 44.0 Å². The Morgan fingerprint density at radius 1 is 1.03 bits per heavy atom. The van der Waals surface area contributed by atoms with Crippen molar-refractivity contribution in [3.05, 3.63) is 36.5 Å². The normalized spacial score (nSPS) is 17.3. The second-order valence-electron chi connectivity index (χ2n) is 10.2. The molecular weight excluding hydrogens is 487 g/mol. The van der Waals surface area contributed by atoms with E-state index < -0.39 is 17.5 Å². The Hall–Kier alpha value is -3.44. The van der Waals surface area contributed by atoms with Crippen LogP contribution in [0.3, 0.4) is 0 Å². The molecule has 2 aliphatic heterocycles. The third-order valence-corrected chi connectivity index (χ3v) is 6.41. The lowest BCUT2D eigenvalue weighted by atomic mass is 9.72. The van der Waals surface area contributed by atoms with E-state index in [0.717, 1.165) is 38.3 Å². The van der Waals surface area contributed by atoms with Gasteiger partial charge in [-0.25, -0.2) is 24.7 Å². The van der Waals surface area contributed by atoms with Crippen LogP contribution in [0.1, 0.15) is 53.2 Å². The molecule has 0 unspecified atom stereocenters. The number of fused-ring (bicyclic) bond motifs is 1. The Kier molecular flexibility index (Phi) is 7.04. The molecule has 3 aromatic heterocycles. The topological polar surface area (TPSA) is 88.8 Å². The van der Waals surface area contributed by atoms with Gasteiger partial charge in [0.25, 0.3) is 0 Å². The summed E-state index contributed by atoms with van der Waals surface area (Å²) in [5, 5.41) is 0. The molecule has 9 nitrogen and oxygen atoms in total. The molecule has 37 heavy (non-hydrogen) atoms. The molecule has 1 amide bonds. The van der Waals surface area contributed by atoms with Crippen LogP contribution in [0.15, 0.2) is 30.9 Å². The van der Waals surface area contributed by atoms with Crippen molar-refractivity contribution in [1.29, 1.82) is 0 Å². The number of carbonyl (C=O) groups is 1. The molecule has 5 rings (SSSR count). The Balaban J connectivity index is 0.00000156. The Labute approximate surface area is 213 Å². The van der Waals surface area contributed by atoms with Crippen LogP contribution in [-0.2, 0) is 10.9 Å². The monoisotopic (exact) mass is 519 g/mol. The van der Waals surface area contributed by atoms with Crippen molar-refractivity contribution in [2.24, 2.45) is 5.41 Å². The van der Waals surface area contributed by atoms with E-state index in [1.165, 1.54) is 10.6 Å². The summed E-state index contributed by atoms with van der Waals surface area (Å²) in [4.78, 5) is 32.7. The first kappa shape index (κ1) is 26.6. The van der Waals surface area contributed by atoms with E-state index in [9.17, 15) is 18.0 Å². The van der Waals surface area contributed by atoms with Gasteiger partial charge in [-0.2, -0.15) is 13.2 Å². The predicted octanol–water partition coefficient (Wildman–Crippen LogP) is 5.07. The van der Waals surface area contributed by atoms with Crippen molar-refractivity contribution >= 4 is 17.6 Å². The van der Waals surface area contributed by atoms with Crippen molar-refractivity contribution in [3.63, 3.8) is 0 Å². The molecule has 12 heteroatoms. The van der Waals surface area contributed by atoms with Gasteiger partial charge in [0.05, 0.1) is 12.4 Å². The van der Waals surface area contributed by atoms with Crippen LogP contribution in [0, 0.1) is 5.41 Å². The molecule has 0 aromatic carbocycles. The highest BCUT2D eigenvalue weighted by Crippen LogP contribution is 2.42. The molecule has 0 N–H and O–H groups in total. The number of anilines is 1. The van der Waals surface area contributed by atoms with Crippen molar-refractivity contribution in [3.8, 4) is 11.5 Å². The quantitative estimate of drug-likeness (QED) is 0.467. The fourth-order valence-corrected chi connectivity index (χ4v) is 4.58. The van der Waals surface area contributed by atoms with Gasteiger partial charge in [0.2, 0.25) is 0 Å². The van der Waals surface area contributed by atoms with Gasteiger partial charge in [-0.15, -0.1) is 0 Å². The highest BCUT2D eigenvalue weighted by molar-refractivity contribution is 5.68. The number of nitrogens with zero attached hydrogens (tertiary/aromatic N) is 7. The van der Waals surface area contributed by atoms with Crippen molar-refractivity contribution in [1.82, 2.24) is 29.2 Å². The molecule has 2 aliphatic rings. The van der Waals surface area contributed by atoms with E-state index >= 15 is 0 Å². The summed E-state index contributed by atoms with van der Waals surface area (Å²) in [6.45, 7) is 12.4. The van der Waals surface area contributed by atoms with Crippen LogP contribution < -0.4 is 4.90 Å². The summed E-state index contributed by atoms with van der Waals surface area (Å²) >= 11 is 0. The van der Waals surface area contributed by atoms with Crippen molar-refractivity contribution in [2.45, 2.75) is 59.2 Å². The number of carbonyl (C=O) groups excluding carboxylic acids is 1. The lowest BCUT2D eigenvalue weighted by Gasteiger charge is -2.54. The lowest BCUT2D eigenvalue weighted by Crippen LogP contribution is -2.61. The third-order valence-electron chi connectivity index (χ3n) is 6.41. The molecule has 3 aromatic rings. The average Bonchev–Trinajstić information content (AvgIpc) is 3.26. The number of piperidine rings is 1. The average molecular weight is 520 g/mol. The maximum absolute atomic E-state index is 13.1. The summed E-state index contributed by atoms with van der Waals surface area (Å²) in [5.41, 5.74) is -0.782. The van der Waals surface area contributed by atoms with Gasteiger partial charge in [0.15, 0.2) is 17.2 Å². The minimum absolute atomic E-state index is 0.111. The number of likely N-dealkylation sites (tertiary alicyclic amines) is 1. The number of imidazole rings is 1. The van der Waals surface area contributed by atoms with E-state index in [0.29, 0.717) is 24.6 Å². The number of alkyl halides is 3. The van der Waals surface area contributed by atoms with Crippen LogP contribution in [-0.4, -0.2) is 67.1 Å².